The fourth-order valence-corrected chi connectivity index (χ4v) is 2.10. The first kappa shape index (κ1) is 10.4. The van der Waals surface area contributed by atoms with Gasteiger partial charge in [-0.1, -0.05) is 0 Å². The molecule has 1 aliphatic rings. The first-order chi connectivity index (χ1) is 7.25. The van der Waals surface area contributed by atoms with Gasteiger partial charge in [-0.25, -0.2) is 0 Å². The van der Waals surface area contributed by atoms with E-state index in [-0.39, 0.29) is 6.29 Å². The minimum Gasteiger partial charge on any atom is -0.366 e. The summed E-state index contributed by atoms with van der Waals surface area (Å²) in [6.45, 7) is 1.26. The number of ether oxygens (including phenoxy) is 2. The van der Waals surface area contributed by atoms with Gasteiger partial charge in [0.25, 0.3) is 0 Å². The van der Waals surface area contributed by atoms with Gasteiger partial charge in [0.15, 0.2) is 6.29 Å². The SMILES string of the molecule is NC(=O)/C=C/c1cc(C2OCCO2)cs1. The molecular weight excluding hydrogens is 214 g/mol. The van der Waals surface area contributed by atoms with Crippen LogP contribution in [0.2, 0.25) is 0 Å². The molecule has 0 atom stereocenters. The van der Waals surface area contributed by atoms with Crippen LogP contribution >= 0.6 is 11.3 Å². The number of hydrogen-bond donors (Lipinski definition) is 1. The fraction of sp³-hybridized carbons (Fsp3) is 0.300. The third-order valence-electron chi connectivity index (χ3n) is 1.95. The molecule has 15 heavy (non-hydrogen) atoms. The lowest BCUT2D eigenvalue weighted by molar-refractivity contribution is -0.113. The molecule has 1 aliphatic heterocycles. The predicted octanol–water partition coefficient (Wildman–Crippen LogP) is 1.29. The van der Waals surface area contributed by atoms with Crippen LogP contribution in [0.25, 0.3) is 6.08 Å². The van der Waals surface area contributed by atoms with Gasteiger partial charge in [-0.3, -0.25) is 4.79 Å². The summed E-state index contributed by atoms with van der Waals surface area (Å²) in [4.78, 5) is 11.5. The zero-order valence-corrected chi connectivity index (χ0v) is 8.83. The Morgan fingerprint density at radius 1 is 1.53 bits per heavy atom. The molecule has 4 nitrogen and oxygen atoms in total. The zero-order chi connectivity index (χ0) is 10.7. The predicted molar refractivity (Wildman–Crippen MR) is 57.2 cm³/mol. The van der Waals surface area contributed by atoms with E-state index in [9.17, 15) is 4.79 Å². The van der Waals surface area contributed by atoms with Gasteiger partial charge in [-0.05, 0) is 17.5 Å². The number of carbonyl (C=O) groups excluding carboxylic acids is 1. The highest BCUT2D eigenvalue weighted by Crippen LogP contribution is 2.27. The summed E-state index contributed by atoms with van der Waals surface area (Å²) in [6.07, 6.45) is 2.77. The second-order valence-corrected chi connectivity index (χ2v) is 4.03. The zero-order valence-electron chi connectivity index (χ0n) is 8.01. The Labute approximate surface area is 91.3 Å². The molecule has 1 saturated heterocycles. The number of rotatable bonds is 3. The van der Waals surface area contributed by atoms with Crippen LogP contribution in [0.3, 0.4) is 0 Å². The third-order valence-corrected chi connectivity index (χ3v) is 2.86. The van der Waals surface area contributed by atoms with E-state index in [0.717, 1.165) is 10.4 Å². The van der Waals surface area contributed by atoms with Gasteiger partial charge in [-0.15, -0.1) is 11.3 Å². The maximum absolute atomic E-state index is 10.5. The van der Waals surface area contributed by atoms with Crippen molar-refractivity contribution in [2.24, 2.45) is 5.73 Å². The molecule has 5 heteroatoms. The van der Waals surface area contributed by atoms with Gasteiger partial charge in [0.2, 0.25) is 5.91 Å². The molecule has 80 valence electrons. The van der Waals surface area contributed by atoms with E-state index in [2.05, 4.69) is 0 Å². The van der Waals surface area contributed by atoms with Crippen LogP contribution in [-0.2, 0) is 14.3 Å². The van der Waals surface area contributed by atoms with Crippen molar-refractivity contribution in [1.82, 2.24) is 0 Å². The molecule has 0 spiro atoms. The van der Waals surface area contributed by atoms with Crippen molar-refractivity contribution in [3.05, 3.63) is 28.0 Å². The molecule has 0 radical (unpaired) electrons. The van der Waals surface area contributed by atoms with Crippen molar-refractivity contribution < 1.29 is 14.3 Å². The molecule has 2 rings (SSSR count). The lowest BCUT2D eigenvalue weighted by Gasteiger charge is -2.04. The van der Waals surface area contributed by atoms with Crippen LogP contribution in [0.5, 0.6) is 0 Å². The lowest BCUT2D eigenvalue weighted by Crippen LogP contribution is -2.04. The number of nitrogens with two attached hydrogens (primary N) is 1. The van der Waals surface area contributed by atoms with E-state index in [1.807, 2.05) is 11.4 Å². The number of carbonyl (C=O) groups is 1. The molecule has 0 aliphatic carbocycles. The number of amides is 1. The van der Waals surface area contributed by atoms with E-state index in [1.54, 1.807) is 6.08 Å². The summed E-state index contributed by atoms with van der Waals surface area (Å²) >= 11 is 1.52. The van der Waals surface area contributed by atoms with Crippen molar-refractivity contribution in [3.8, 4) is 0 Å². The summed E-state index contributed by atoms with van der Waals surface area (Å²) in [5.41, 5.74) is 5.99. The molecule has 0 bridgehead atoms. The van der Waals surface area contributed by atoms with Gasteiger partial charge in [0.05, 0.1) is 13.2 Å². The Balaban J connectivity index is 2.06. The van der Waals surface area contributed by atoms with E-state index < -0.39 is 5.91 Å². The highest BCUT2D eigenvalue weighted by Gasteiger charge is 2.18. The topological polar surface area (TPSA) is 61.6 Å². The summed E-state index contributed by atoms with van der Waals surface area (Å²) in [5.74, 6) is -0.446. The Morgan fingerprint density at radius 2 is 2.27 bits per heavy atom. The summed E-state index contributed by atoms with van der Waals surface area (Å²) in [6, 6.07) is 1.93. The monoisotopic (exact) mass is 225 g/mol. The van der Waals surface area contributed by atoms with Gasteiger partial charge >= 0.3 is 0 Å². The van der Waals surface area contributed by atoms with Crippen LogP contribution < -0.4 is 5.73 Å². The van der Waals surface area contributed by atoms with Crippen LogP contribution in [0.4, 0.5) is 0 Å². The average Bonchev–Trinajstić information content (AvgIpc) is 2.85. The molecule has 0 saturated carbocycles. The summed E-state index contributed by atoms with van der Waals surface area (Å²) in [7, 11) is 0. The van der Waals surface area contributed by atoms with E-state index in [4.69, 9.17) is 15.2 Å². The minimum atomic E-state index is -0.446. The Kier molecular flexibility index (Phi) is 3.15. The van der Waals surface area contributed by atoms with Crippen molar-refractivity contribution in [3.63, 3.8) is 0 Å². The summed E-state index contributed by atoms with van der Waals surface area (Å²) in [5, 5.41) is 1.96. The second-order valence-electron chi connectivity index (χ2n) is 3.09. The lowest BCUT2D eigenvalue weighted by atomic mass is 10.3. The minimum absolute atomic E-state index is 0.253. The molecule has 1 aromatic rings. The summed E-state index contributed by atoms with van der Waals surface area (Å²) < 4.78 is 10.7. The van der Waals surface area contributed by atoms with Crippen molar-refractivity contribution in [1.29, 1.82) is 0 Å². The van der Waals surface area contributed by atoms with Gasteiger partial charge < -0.3 is 15.2 Å². The van der Waals surface area contributed by atoms with E-state index in [1.165, 1.54) is 17.4 Å². The van der Waals surface area contributed by atoms with Gasteiger partial charge in [0, 0.05) is 16.5 Å². The first-order valence-electron chi connectivity index (χ1n) is 4.55. The quantitative estimate of drug-likeness (QED) is 0.788. The van der Waals surface area contributed by atoms with Crippen molar-refractivity contribution >= 4 is 23.3 Å². The molecular formula is C10H11NO3S. The molecule has 2 N–H and O–H groups in total. The maximum atomic E-state index is 10.5. The van der Waals surface area contributed by atoms with E-state index in [0.29, 0.717) is 13.2 Å². The smallest absolute Gasteiger partial charge is 0.241 e. The average molecular weight is 225 g/mol. The molecule has 2 heterocycles. The Hall–Kier alpha value is -1.17. The third kappa shape index (κ3) is 2.65. The van der Waals surface area contributed by atoms with Crippen molar-refractivity contribution in [2.45, 2.75) is 6.29 Å². The maximum Gasteiger partial charge on any atom is 0.241 e. The van der Waals surface area contributed by atoms with Gasteiger partial charge in [-0.2, -0.15) is 0 Å². The largest absolute Gasteiger partial charge is 0.366 e. The number of thiophene rings is 1. The fourth-order valence-electron chi connectivity index (χ4n) is 1.29. The normalized spacial score (nSPS) is 17.6. The molecule has 1 fully saturated rings. The van der Waals surface area contributed by atoms with Gasteiger partial charge in [0.1, 0.15) is 0 Å². The van der Waals surface area contributed by atoms with Crippen LogP contribution in [0.1, 0.15) is 16.7 Å². The molecule has 1 amide bonds. The second kappa shape index (κ2) is 4.57. The molecule has 1 aromatic heterocycles. The number of primary amides is 1. The van der Waals surface area contributed by atoms with Crippen LogP contribution in [-0.4, -0.2) is 19.1 Å². The van der Waals surface area contributed by atoms with E-state index >= 15 is 0 Å². The van der Waals surface area contributed by atoms with Crippen LogP contribution in [0, 0.1) is 0 Å². The number of hydrogen-bond acceptors (Lipinski definition) is 4. The first-order valence-corrected chi connectivity index (χ1v) is 5.43. The molecule has 0 unspecified atom stereocenters. The highest BCUT2D eigenvalue weighted by atomic mass is 32.1. The Morgan fingerprint density at radius 3 is 2.93 bits per heavy atom. The molecule has 0 aromatic carbocycles. The standard InChI is InChI=1S/C10H11NO3S/c11-9(12)2-1-8-5-7(6-15-8)10-13-3-4-14-10/h1-2,5-6,10H,3-4H2,(H2,11,12)/b2-1+. The highest BCUT2D eigenvalue weighted by molar-refractivity contribution is 7.11. The van der Waals surface area contributed by atoms with Crippen LogP contribution in [0.15, 0.2) is 17.5 Å². The Bertz CT molecular complexity index is 380. The van der Waals surface area contributed by atoms with Crippen molar-refractivity contribution in [2.75, 3.05) is 13.2 Å².